The van der Waals surface area contributed by atoms with Gasteiger partial charge in [-0.25, -0.2) is 9.67 Å². The Bertz CT molecular complexity index is 1070. The molecule has 130 valence electrons. The zero-order valence-corrected chi connectivity index (χ0v) is 14.6. The summed E-state index contributed by atoms with van der Waals surface area (Å²) in [4.78, 5) is 30.4. The molecule has 2 heterocycles. The van der Waals surface area contributed by atoms with Crippen LogP contribution in [-0.2, 0) is 0 Å². The number of rotatable bonds is 3. The maximum atomic E-state index is 12.8. The summed E-state index contributed by atoms with van der Waals surface area (Å²) in [6.07, 6.45) is 3.05. The lowest BCUT2D eigenvalue weighted by Crippen LogP contribution is -2.22. The molecule has 7 heteroatoms. The average Bonchev–Trinajstić information content (AvgIpc) is 3.02. The summed E-state index contributed by atoms with van der Waals surface area (Å²) in [5.74, 6) is 0.236. The Balaban J connectivity index is 1.99. The fourth-order valence-corrected chi connectivity index (χ4v) is 2.67. The van der Waals surface area contributed by atoms with E-state index in [1.807, 2.05) is 6.92 Å². The van der Waals surface area contributed by atoms with Crippen molar-refractivity contribution in [2.24, 2.45) is 0 Å². The third-order valence-electron chi connectivity index (χ3n) is 4.05. The van der Waals surface area contributed by atoms with Crippen LogP contribution in [0.4, 0.5) is 0 Å². The first-order chi connectivity index (χ1) is 12.4. The standard InChI is InChI=1S/C19H17N5O2/c1-12-8-13(9-20)4-6-15(12)16-11-22-24(19(16)26)17-7-5-14(10-21-17)18(25)23(2)3/h4-8,10-11,22H,1-3H3. The van der Waals surface area contributed by atoms with Gasteiger partial charge in [0.15, 0.2) is 5.82 Å². The maximum Gasteiger partial charge on any atom is 0.280 e. The van der Waals surface area contributed by atoms with Crippen LogP contribution in [0.15, 0.2) is 47.5 Å². The van der Waals surface area contributed by atoms with Crippen molar-refractivity contribution in [3.05, 3.63) is 69.8 Å². The summed E-state index contributed by atoms with van der Waals surface area (Å²) < 4.78 is 1.32. The van der Waals surface area contributed by atoms with Crippen LogP contribution in [0.1, 0.15) is 21.5 Å². The van der Waals surface area contributed by atoms with Crippen molar-refractivity contribution in [1.82, 2.24) is 19.7 Å². The topological polar surface area (TPSA) is 94.8 Å². The van der Waals surface area contributed by atoms with Gasteiger partial charge in [-0.15, -0.1) is 0 Å². The molecule has 3 rings (SSSR count). The lowest BCUT2D eigenvalue weighted by Gasteiger charge is -2.10. The third kappa shape index (κ3) is 3.00. The van der Waals surface area contributed by atoms with Gasteiger partial charge in [0.1, 0.15) is 0 Å². The lowest BCUT2D eigenvalue weighted by molar-refractivity contribution is 0.0827. The molecule has 1 aromatic carbocycles. The van der Waals surface area contributed by atoms with Crippen molar-refractivity contribution in [1.29, 1.82) is 5.26 Å². The van der Waals surface area contributed by atoms with E-state index in [2.05, 4.69) is 16.2 Å². The molecule has 1 N–H and O–H groups in total. The highest BCUT2D eigenvalue weighted by atomic mass is 16.2. The van der Waals surface area contributed by atoms with Gasteiger partial charge in [0.25, 0.3) is 11.5 Å². The Hall–Kier alpha value is -3.66. The molecular weight excluding hydrogens is 330 g/mol. The van der Waals surface area contributed by atoms with Gasteiger partial charge in [0.2, 0.25) is 0 Å². The maximum absolute atomic E-state index is 12.8. The molecule has 3 aromatic rings. The quantitative estimate of drug-likeness (QED) is 0.785. The Morgan fingerprint density at radius 2 is 2.00 bits per heavy atom. The summed E-state index contributed by atoms with van der Waals surface area (Å²) in [7, 11) is 3.33. The number of H-pyrrole nitrogens is 1. The second-order valence-electron chi connectivity index (χ2n) is 6.07. The lowest BCUT2D eigenvalue weighted by atomic mass is 10.0. The van der Waals surface area contributed by atoms with Gasteiger partial charge in [0.05, 0.1) is 22.8 Å². The number of pyridine rings is 1. The number of amides is 1. The van der Waals surface area contributed by atoms with Gasteiger partial charge in [-0.1, -0.05) is 6.07 Å². The fourth-order valence-electron chi connectivity index (χ4n) is 2.67. The highest BCUT2D eigenvalue weighted by Gasteiger charge is 2.14. The highest BCUT2D eigenvalue weighted by Crippen LogP contribution is 2.21. The Morgan fingerprint density at radius 3 is 2.58 bits per heavy atom. The summed E-state index contributed by atoms with van der Waals surface area (Å²) >= 11 is 0. The molecule has 26 heavy (non-hydrogen) atoms. The predicted molar refractivity (Wildman–Crippen MR) is 97.1 cm³/mol. The van der Waals surface area contributed by atoms with Crippen LogP contribution in [0.3, 0.4) is 0 Å². The minimum absolute atomic E-state index is 0.156. The molecule has 0 spiro atoms. The number of benzene rings is 1. The number of aromatic amines is 1. The number of aryl methyl sites for hydroxylation is 1. The summed E-state index contributed by atoms with van der Waals surface area (Å²) in [5.41, 5.74) is 2.82. The zero-order valence-electron chi connectivity index (χ0n) is 14.6. The number of nitrogens with one attached hydrogen (secondary N) is 1. The van der Waals surface area contributed by atoms with Crippen LogP contribution in [0.5, 0.6) is 0 Å². The van der Waals surface area contributed by atoms with Gasteiger partial charge in [-0.2, -0.15) is 5.26 Å². The van der Waals surface area contributed by atoms with E-state index in [0.717, 1.165) is 11.1 Å². The Labute approximate surface area is 150 Å². The molecule has 0 saturated heterocycles. The number of aromatic nitrogens is 3. The van der Waals surface area contributed by atoms with Gasteiger partial charge in [-0.3, -0.25) is 14.7 Å². The zero-order chi connectivity index (χ0) is 18.8. The summed E-state index contributed by atoms with van der Waals surface area (Å²) in [5, 5.41) is 11.9. The molecule has 1 amide bonds. The van der Waals surface area contributed by atoms with Gasteiger partial charge >= 0.3 is 0 Å². The fraction of sp³-hybridized carbons (Fsp3) is 0.158. The van der Waals surface area contributed by atoms with Crippen LogP contribution >= 0.6 is 0 Å². The van der Waals surface area contributed by atoms with Crippen molar-refractivity contribution in [3.63, 3.8) is 0 Å². The van der Waals surface area contributed by atoms with E-state index in [9.17, 15) is 9.59 Å². The normalized spacial score (nSPS) is 10.4. The Morgan fingerprint density at radius 1 is 1.23 bits per heavy atom. The average molecular weight is 347 g/mol. The van der Waals surface area contributed by atoms with E-state index in [1.54, 1.807) is 50.6 Å². The number of nitrogens with zero attached hydrogens (tertiary/aromatic N) is 4. The smallest absolute Gasteiger partial charge is 0.280 e. The van der Waals surface area contributed by atoms with E-state index in [4.69, 9.17) is 5.26 Å². The molecule has 0 fully saturated rings. The van der Waals surface area contributed by atoms with Crippen LogP contribution in [-0.4, -0.2) is 39.7 Å². The minimum atomic E-state index is -0.253. The number of carbonyl (C=O) groups is 1. The SMILES string of the molecule is Cc1cc(C#N)ccc1-c1c[nH]n(-c2ccc(C(=O)N(C)C)cn2)c1=O. The number of hydrogen-bond acceptors (Lipinski definition) is 4. The van der Waals surface area contributed by atoms with E-state index < -0.39 is 0 Å². The third-order valence-corrected chi connectivity index (χ3v) is 4.05. The molecule has 0 aliphatic carbocycles. The first-order valence-corrected chi connectivity index (χ1v) is 7.92. The van der Waals surface area contributed by atoms with E-state index >= 15 is 0 Å². The molecular formula is C19H17N5O2. The van der Waals surface area contributed by atoms with Crippen molar-refractivity contribution in [2.75, 3.05) is 14.1 Å². The van der Waals surface area contributed by atoms with Crippen LogP contribution in [0.25, 0.3) is 16.9 Å². The van der Waals surface area contributed by atoms with Crippen LogP contribution in [0.2, 0.25) is 0 Å². The molecule has 0 aliphatic rings. The monoisotopic (exact) mass is 347 g/mol. The minimum Gasteiger partial charge on any atom is -0.345 e. The molecule has 0 bridgehead atoms. The van der Waals surface area contributed by atoms with Gasteiger partial charge in [-0.05, 0) is 42.3 Å². The van der Waals surface area contributed by atoms with Gasteiger partial charge in [0, 0.05) is 26.5 Å². The second kappa shape index (κ2) is 6.69. The van der Waals surface area contributed by atoms with Crippen LogP contribution < -0.4 is 5.56 Å². The summed E-state index contributed by atoms with van der Waals surface area (Å²) in [6.45, 7) is 1.85. The molecule has 0 aliphatic heterocycles. The Kier molecular flexibility index (Phi) is 4.42. The predicted octanol–water partition coefficient (Wildman–Crippen LogP) is 2.11. The second-order valence-corrected chi connectivity index (χ2v) is 6.07. The molecule has 0 radical (unpaired) electrons. The largest absolute Gasteiger partial charge is 0.345 e. The van der Waals surface area contributed by atoms with Crippen LogP contribution in [0, 0.1) is 18.3 Å². The van der Waals surface area contributed by atoms with E-state index in [-0.39, 0.29) is 11.5 Å². The first-order valence-electron chi connectivity index (χ1n) is 7.92. The van der Waals surface area contributed by atoms with Crippen molar-refractivity contribution in [3.8, 4) is 23.0 Å². The molecule has 0 atom stereocenters. The number of nitriles is 1. The molecule has 7 nitrogen and oxygen atoms in total. The number of carbonyl (C=O) groups excluding carboxylic acids is 1. The van der Waals surface area contributed by atoms with Gasteiger partial charge < -0.3 is 4.90 Å². The molecule has 0 saturated carbocycles. The molecule has 2 aromatic heterocycles. The number of hydrogen-bond donors (Lipinski definition) is 1. The highest BCUT2D eigenvalue weighted by molar-refractivity contribution is 5.93. The van der Waals surface area contributed by atoms with E-state index in [1.165, 1.54) is 15.8 Å². The summed E-state index contributed by atoms with van der Waals surface area (Å²) in [6, 6.07) is 10.5. The van der Waals surface area contributed by atoms with Crippen molar-refractivity contribution >= 4 is 5.91 Å². The molecule has 0 unspecified atom stereocenters. The first kappa shape index (κ1) is 17.2. The van der Waals surface area contributed by atoms with E-state index in [0.29, 0.717) is 22.5 Å². The van der Waals surface area contributed by atoms with Crippen molar-refractivity contribution in [2.45, 2.75) is 6.92 Å². The van der Waals surface area contributed by atoms with Crippen molar-refractivity contribution < 1.29 is 4.79 Å².